The molecule has 2 aromatic carbocycles. The Morgan fingerprint density at radius 2 is 1.61 bits per heavy atom. The lowest BCUT2D eigenvalue weighted by Crippen LogP contribution is -2.55. The van der Waals surface area contributed by atoms with Gasteiger partial charge in [0.2, 0.25) is 5.78 Å². The molecule has 6 nitrogen and oxygen atoms in total. The van der Waals surface area contributed by atoms with E-state index in [4.69, 9.17) is 33.0 Å². The number of para-hydroxylation sites is 1. The van der Waals surface area contributed by atoms with Gasteiger partial charge in [-0.1, -0.05) is 43.6 Å². The smallest absolute Gasteiger partial charge is 0.335 e. The molecule has 0 heterocycles. The molecular weight excluding hydrogens is 405 g/mol. The molecule has 0 aliphatic rings. The molecule has 2 N–H and O–H groups in total. The lowest BCUT2D eigenvalue weighted by Gasteiger charge is -2.32. The van der Waals surface area contributed by atoms with Gasteiger partial charge < -0.3 is 15.2 Å². The Labute approximate surface area is 172 Å². The molecule has 0 fully saturated rings. The van der Waals surface area contributed by atoms with Crippen LogP contribution in [0.15, 0.2) is 54.6 Å². The molecule has 0 radical (unpaired) electrons. The molecule has 0 bridgehead atoms. The number of ketones is 1. The average molecular weight is 424 g/mol. The molecule has 0 saturated heterocycles. The van der Waals surface area contributed by atoms with Crippen molar-refractivity contribution in [2.45, 2.75) is 18.9 Å². The third kappa shape index (κ3) is 4.82. The summed E-state index contributed by atoms with van der Waals surface area (Å²) in [5, 5.41) is 9.14. The Morgan fingerprint density at radius 3 is 2.11 bits per heavy atom. The first-order valence-electron chi connectivity index (χ1n) is 8.29. The van der Waals surface area contributed by atoms with E-state index in [9.17, 15) is 14.4 Å². The second kappa shape index (κ2) is 8.63. The average Bonchev–Trinajstić information content (AvgIpc) is 2.68. The minimum Gasteiger partial charge on any atom is -0.478 e. The summed E-state index contributed by atoms with van der Waals surface area (Å²) in [6, 6.07) is 13.6. The fraction of sp³-hybridized carbons (Fsp3) is 0.250. The molecule has 0 saturated carbocycles. The third-order valence-electron chi connectivity index (χ3n) is 3.92. The van der Waals surface area contributed by atoms with Crippen LogP contribution in [0.2, 0.25) is 0 Å². The second-order valence-electron chi connectivity index (χ2n) is 6.69. The van der Waals surface area contributed by atoms with Crippen molar-refractivity contribution in [3.63, 3.8) is 0 Å². The molecule has 0 spiro atoms. The van der Waals surface area contributed by atoms with Gasteiger partial charge in [-0.15, -0.1) is 11.6 Å². The summed E-state index contributed by atoms with van der Waals surface area (Å²) in [4.78, 5) is 36.9. The number of amides is 1. The monoisotopic (exact) mass is 423 g/mol. The maximum atomic E-state index is 13.0. The number of rotatable bonds is 8. The summed E-state index contributed by atoms with van der Waals surface area (Å²) in [5.74, 6) is -2.76. The number of hydrogen-bond donors (Lipinski definition) is 2. The minimum atomic E-state index is -2.40. The number of carbonyl (C=O) groups is 3. The van der Waals surface area contributed by atoms with Crippen LogP contribution < -0.4 is 10.1 Å². The van der Waals surface area contributed by atoms with E-state index in [0.717, 1.165) is 0 Å². The van der Waals surface area contributed by atoms with E-state index in [1.807, 2.05) is 0 Å². The summed E-state index contributed by atoms with van der Waals surface area (Å²) in [6.45, 7) is 3.10. The van der Waals surface area contributed by atoms with Crippen LogP contribution in [0.3, 0.4) is 0 Å². The highest BCUT2D eigenvalue weighted by Crippen LogP contribution is 2.33. The van der Waals surface area contributed by atoms with Crippen molar-refractivity contribution in [1.82, 2.24) is 0 Å². The van der Waals surface area contributed by atoms with Gasteiger partial charge in [-0.25, -0.2) is 4.79 Å². The predicted molar refractivity (Wildman–Crippen MR) is 107 cm³/mol. The van der Waals surface area contributed by atoms with Gasteiger partial charge in [-0.3, -0.25) is 9.59 Å². The van der Waals surface area contributed by atoms with E-state index in [2.05, 4.69) is 5.32 Å². The topological polar surface area (TPSA) is 92.7 Å². The number of benzene rings is 2. The van der Waals surface area contributed by atoms with Crippen molar-refractivity contribution in [3.8, 4) is 5.75 Å². The van der Waals surface area contributed by atoms with Crippen LogP contribution in [0.5, 0.6) is 5.75 Å². The molecule has 2 rings (SSSR count). The van der Waals surface area contributed by atoms with E-state index in [0.29, 0.717) is 5.69 Å². The van der Waals surface area contributed by atoms with Gasteiger partial charge in [0, 0.05) is 17.0 Å². The van der Waals surface area contributed by atoms with E-state index >= 15 is 0 Å². The number of nitrogens with one attached hydrogen (secondary N) is 1. The number of halogens is 2. The fourth-order valence-electron chi connectivity index (χ4n) is 2.25. The Balaban J connectivity index is 2.38. The zero-order chi connectivity index (χ0) is 20.9. The summed E-state index contributed by atoms with van der Waals surface area (Å²) < 4.78 is 5.57. The normalized spacial score (nSPS) is 13.3. The number of carboxylic acids is 1. The number of carboxylic acid groups (broad SMARTS) is 1. The van der Waals surface area contributed by atoms with Crippen molar-refractivity contribution in [3.05, 3.63) is 60.2 Å². The fourth-order valence-corrected chi connectivity index (χ4v) is 2.77. The second-order valence-corrected chi connectivity index (χ2v) is 7.49. The van der Waals surface area contributed by atoms with E-state index < -0.39 is 28.1 Å². The summed E-state index contributed by atoms with van der Waals surface area (Å²) >= 11 is 12.3. The van der Waals surface area contributed by atoms with Crippen LogP contribution in [-0.4, -0.2) is 33.7 Å². The van der Waals surface area contributed by atoms with Gasteiger partial charge in [0.25, 0.3) is 5.91 Å². The van der Waals surface area contributed by atoms with Crippen molar-refractivity contribution >= 4 is 46.5 Å². The minimum absolute atomic E-state index is 0.0219. The van der Waals surface area contributed by atoms with Gasteiger partial charge >= 0.3 is 11.0 Å². The predicted octanol–water partition coefficient (Wildman–Crippen LogP) is 4.17. The number of aromatic carboxylic acids is 1. The standard InChI is InChI=1S/C20H19Cl2NO5/c1-19(2,12-21)17(26)20(22,18(27)23-14-6-4-3-5-7-14)28-15-10-8-13(9-11-15)16(24)25/h3-11H,12H2,1-2H3,(H,23,27)(H,24,25). The first-order chi connectivity index (χ1) is 13.1. The Bertz CT molecular complexity index is 868. The SMILES string of the molecule is CC(C)(CCl)C(=O)C(Cl)(Oc1ccc(C(=O)O)cc1)C(=O)Nc1ccccc1. The molecule has 1 amide bonds. The molecule has 8 heteroatoms. The molecule has 0 aliphatic heterocycles. The summed E-state index contributed by atoms with van der Waals surface area (Å²) in [6.07, 6.45) is 0. The highest BCUT2D eigenvalue weighted by molar-refractivity contribution is 6.47. The number of Topliss-reactive ketones (excluding diaryl/α,β-unsaturated/α-hetero) is 1. The van der Waals surface area contributed by atoms with Gasteiger partial charge in [-0.05, 0) is 36.4 Å². The van der Waals surface area contributed by atoms with Crippen LogP contribution in [0.4, 0.5) is 5.69 Å². The van der Waals surface area contributed by atoms with Crippen molar-refractivity contribution in [2.24, 2.45) is 5.41 Å². The number of hydrogen-bond acceptors (Lipinski definition) is 4. The van der Waals surface area contributed by atoms with Crippen LogP contribution in [0.25, 0.3) is 0 Å². The third-order valence-corrected chi connectivity index (χ3v) is 5.01. The first kappa shape index (κ1) is 21.7. The highest BCUT2D eigenvalue weighted by Gasteiger charge is 2.52. The van der Waals surface area contributed by atoms with Gasteiger partial charge in [0.15, 0.2) is 0 Å². The largest absolute Gasteiger partial charge is 0.478 e. The first-order valence-corrected chi connectivity index (χ1v) is 9.20. The molecule has 1 unspecified atom stereocenters. The van der Waals surface area contributed by atoms with Crippen molar-refractivity contribution < 1.29 is 24.2 Å². The molecule has 0 aromatic heterocycles. The van der Waals surface area contributed by atoms with E-state index in [-0.39, 0.29) is 17.2 Å². The van der Waals surface area contributed by atoms with Gasteiger partial charge in [0.1, 0.15) is 5.75 Å². The number of carbonyl (C=O) groups excluding carboxylic acids is 2. The maximum Gasteiger partial charge on any atom is 0.335 e. The van der Waals surface area contributed by atoms with Crippen LogP contribution in [0.1, 0.15) is 24.2 Å². The number of alkyl halides is 2. The molecule has 2 aromatic rings. The molecule has 148 valence electrons. The van der Waals surface area contributed by atoms with E-state index in [1.165, 1.54) is 24.3 Å². The van der Waals surface area contributed by atoms with Crippen LogP contribution in [-0.2, 0) is 9.59 Å². The molecule has 0 aliphatic carbocycles. The maximum absolute atomic E-state index is 13.0. The quantitative estimate of drug-likeness (QED) is 0.490. The molecule has 28 heavy (non-hydrogen) atoms. The lowest BCUT2D eigenvalue weighted by molar-refractivity contribution is -0.143. The number of ether oxygens (including phenoxy) is 1. The van der Waals surface area contributed by atoms with Gasteiger partial charge in [-0.2, -0.15) is 0 Å². The van der Waals surface area contributed by atoms with Crippen molar-refractivity contribution in [2.75, 3.05) is 11.2 Å². The molecule has 1 atom stereocenters. The van der Waals surface area contributed by atoms with Crippen LogP contribution >= 0.6 is 23.2 Å². The zero-order valence-electron chi connectivity index (χ0n) is 15.2. The Morgan fingerprint density at radius 1 is 1.04 bits per heavy atom. The number of anilines is 1. The van der Waals surface area contributed by atoms with Crippen LogP contribution in [0, 0.1) is 5.41 Å². The zero-order valence-corrected chi connectivity index (χ0v) is 16.8. The Hall–Kier alpha value is -2.57. The molecular formula is C20H19Cl2NO5. The Kier molecular flexibility index (Phi) is 6.69. The van der Waals surface area contributed by atoms with E-state index in [1.54, 1.807) is 44.2 Å². The summed E-state index contributed by atoms with van der Waals surface area (Å²) in [5.41, 5.74) is -0.703. The van der Waals surface area contributed by atoms with Crippen molar-refractivity contribution in [1.29, 1.82) is 0 Å². The highest BCUT2D eigenvalue weighted by atomic mass is 35.5. The van der Waals surface area contributed by atoms with Gasteiger partial charge in [0.05, 0.1) is 5.56 Å². The lowest BCUT2D eigenvalue weighted by atomic mass is 9.86. The summed E-state index contributed by atoms with van der Waals surface area (Å²) in [7, 11) is 0.